The van der Waals surface area contributed by atoms with Gasteiger partial charge in [0, 0.05) is 9.77 Å². The zero-order chi connectivity index (χ0) is 10.7. The molecule has 1 aromatic carbocycles. The topological polar surface area (TPSA) is 63.8 Å². The minimum absolute atomic E-state index is 0.269. The molecule has 1 heterocycles. The molecule has 2 aromatic rings. The molecular weight excluding hydrogens is 303 g/mol. The fourth-order valence-corrected chi connectivity index (χ4v) is 1.67. The lowest BCUT2D eigenvalue weighted by molar-refractivity contribution is 1.18. The highest BCUT2D eigenvalue weighted by atomic mass is 127. The molecule has 0 saturated carbocycles. The first-order chi connectivity index (χ1) is 7.25. The van der Waals surface area contributed by atoms with Crippen LogP contribution in [0.2, 0.25) is 0 Å². The van der Waals surface area contributed by atoms with Gasteiger partial charge in [-0.1, -0.05) is 12.1 Å². The van der Waals surface area contributed by atoms with Crippen LogP contribution < -0.4 is 11.1 Å². The molecule has 0 radical (unpaired) electrons. The lowest BCUT2D eigenvalue weighted by Gasteiger charge is -2.07. The predicted octanol–water partition coefficient (Wildman–Crippen LogP) is 2.41. The lowest BCUT2D eigenvalue weighted by atomic mass is 10.3. The number of nitrogen functional groups attached to an aromatic ring is 1. The summed E-state index contributed by atoms with van der Waals surface area (Å²) >= 11 is 2.26. The van der Waals surface area contributed by atoms with Crippen LogP contribution in [0.5, 0.6) is 0 Å². The van der Waals surface area contributed by atoms with Crippen molar-refractivity contribution in [3.8, 4) is 0 Å². The molecule has 15 heavy (non-hydrogen) atoms. The van der Waals surface area contributed by atoms with Crippen LogP contribution in [0.1, 0.15) is 0 Å². The van der Waals surface area contributed by atoms with Crippen molar-refractivity contribution in [2.45, 2.75) is 0 Å². The summed E-state index contributed by atoms with van der Waals surface area (Å²) in [5.41, 5.74) is 6.50. The van der Waals surface area contributed by atoms with E-state index in [2.05, 4.69) is 37.9 Å². The van der Waals surface area contributed by atoms with Gasteiger partial charge in [0.15, 0.2) is 0 Å². The van der Waals surface area contributed by atoms with E-state index in [1.807, 2.05) is 24.3 Å². The number of nitrogens with two attached hydrogens (primary N) is 1. The maximum Gasteiger partial charge on any atom is 0.221 e. The standard InChI is InChI=1S/C10H9IN4/c11-7-3-1-2-4-8(7)14-9-5-6-13-10(12)15-9/h1-6H,(H3,12,13,14,15). The van der Waals surface area contributed by atoms with Crippen molar-refractivity contribution in [1.82, 2.24) is 9.97 Å². The second kappa shape index (κ2) is 4.43. The summed E-state index contributed by atoms with van der Waals surface area (Å²) in [6.07, 6.45) is 1.63. The maximum atomic E-state index is 5.49. The number of hydrogen-bond donors (Lipinski definition) is 2. The largest absolute Gasteiger partial charge is 0.368 e. The Balaban J connectivity index is 2.26. The number of benzene rings is 1. The number of nitrogens with one attached hydrogen (secondary N) is 1. The van der Waals surface area contributed by atoms with Gasteiger partial charge in [-0.3, -0.25) is 0 Å². The Hall–Kier alpha value is -1.37. The van der Waals surface area contributed by atoms with E-state index in [0.29, 0.717) is 5.82 Å². The molecule has 0 aliphatic rings. The van der Waals surface area contributed by atoms with Gasteiger partial charge in [-0.25, -0.2) is 4.98 Å². The molecule has 0 unspecified atom stereocenters. The quantitative estimate of drug-likeness (QED) is 0.836. The molecule has 3 N–H and O–H groups in total. The number of rotatable bonds is 2. The van der Waals surface area contributed by atoms with Crippen molar-refractivity contribution in [2.24, 2.45) is 0 Å². The first kappa shape index (κ1) is 10.2. The summed E-state index contributed by atoms with van der Waals surface area (Å²) in [4.78, 5) is 7.89. The molecule has 5 heteroatoms. The van der Waals surface area contributed by atoms with E-state index < -0.39 is 0 Å². The van der Waals surface area contributed by atoms with Crippen molar-refractivity contribution >= 4 is 40.0 Å². The van der Waals surface area contributed by atoms with Gasteiger partial charge in [-0.2, -0.15) is 4.98 Å². The highest BCUT2D eigenvalue weighted by Gasteiger charge is 1.99. The Labute approximate surface area is 101 Å². The van der Waals surface area contributed by atoms with Gasteiger partial charge in [-0.05, 0) is 40.8 Å². The molecule has 0 aliphatic carbocycles. The number of halogens is 1. The van der Waals surface area contributed by atoms with Crippen molar-refractivity contribution in [3.63, 3.8) is 0 Å². The molecule has 0 bridgehead atoms. The van der Waals surface area contributed by atoms with Gasteiger partial charge in [-0.15, -0.1) is 0 Å². The van der Waals surface area contributed by atoms with Gasteiger partial charge in [0.05, 0.1) is 5.69 Å². The monoisotopic (exact) mass is 312 g/mol. The average Bonchev–Trinajstić information content (AvgIpc) is 2.22. The molecule has 0 amide bonds. The maximum absolute atomic E-state index is 5.49. The molecule has 76 valence electrons. The number of hydrogen-bond acceptors (Lipinski definition) is 4. The molecule has 2 rings (SSSR count). The SMILES string of the molecule is Nc1nccc(Nc2ccccc2I)n1. The molecule has 0 fully saturated rings. The first-order valence-corrected chi connectivity index (χ1v) is 5.43. The summed E-state index contributed by atoms with van der Waals surface area (Å²) in [6.45, 7) is 0. The predicted molar refractivity (Wildman–Crippen MR) is 68.9 cm³/mol. The van der Waals surface area contributed by atoms with Crippen molar-refractivity contribution < 1.29 is 0 Å². The van der Waals surface area contributed by atoms with Gasteiger partial charge in [0.2, 0.25) is 5.95 Å². The van der Waals surface area contributed by atoms with E-state index in [1.165, 1.54) is 0 Å². The second-order valence-corrected chi connectivity index (χ2v) is 4.07. The summed E-state index contributed by atoms with van der Waals surface area (Å²) in [6, 6.07) is 9.74. The molecule has 0 aliphatic heterocycles. The van der Waals surface area contributed by atoms with Crippen molar-refractivity contribution in [2.75, 3.05) is 11.1 Å². The van der Waals surface area contributed by atoms with Crippen molar-refractivity contribution in [1.29, 1.82) is 0 Å². The smallest absolute Gasteiger partial charge is 0.221 e. The van der Waals surface area contributed by atoms with Crippen molar-refractivity contribution in [3.05, 3.63) is 40.1 Å². The van der Waals surface area contributed by atoms with E-state index in [-0.39, 0.29) is 5.95 Å². The zero-order valence-corrected chi connectivity index (χ0v) is 9.97. The summed E-state index contributed by atoms with van der Waals surface area (Å²) < 4.78 is 1.13. The number of para-hydroxylation sites is 1. The van der Waals surface area contributed by atoms with Gasteiger partial charge in [0.1, 0.15) is 5.82 Å². The van der Waals surface area contributed by atoms with E-state index >= 15 is 0 Å². The van der Waals surface area contributed by atoms with Crippen LogP contribution in [0.4, 0.5) is 17.5 Å². The normalized spacial score (nSPS) is 9.93. The third kappa shape index (κ3) is 2.56. The molecule has 1 aromatic heterocycles. The molecule has 0 atom stereocenters. The van der Waals surface area contributed by atoms with E-state index in [0.717, 1.165) is 9.26 Å². The van der Waals surface area contributed by atoms with Crippen LogP contribution in [0.15, 0.2) is 36.5 Å². The van der Waals surface area contributed by atoms with E-state index in [1.54, 1.807) is 12.3 Å². The van der Waals surface area contributed by atoms with Crippen LogP contribution in [-0.2, 0) is 0 Å². The highest BCUT2D eigenvalue weighted by molar-refractivity contribution is 14.1. The summed E-state index contributed by atoms with van der Waals surface area (Å²) in [5.74, 6) is 0.970. The summed E-state index contributed by atoms with van der Waals surface area (Å²) in [5, 5.41) is 3.17. The molecule has 0 spiro atoms. The summed E-state index contributed by atoms with van der Waals surface area (Å²) in [7, 11) is 0. The van der Waals surface area contributed by atoms with Crippen LogP contribution in [-0.4, -0.2) is 9.97 Å². The van der Waals surface area contributed by atoms with Gasteiger partial charge >= 0.3 is 0 Å². The average molecular weight is 312 g/mol. The fraction of sp³-hybridized carbons (Fsp3) is 0. The fourth-order valence-electron chi connectivity index (χ4n) is 1.14. The van der Waals surface area contributed by atoms with Crippen LogP contribution >= 0.6 is 22.6 Å². The highest BCUT2D eigenvalue weighted by Crippen LogP contribution is 2.20. The third-order valence-corrected chi connectivity index (χ3v) is 2.75. The number of aromatic nitrogens is 2. The minimum atomic E-state index is 0.269. The van der Waals surface area contributed by atoms with Crippen LogP contribution in [0.25, 0.3) is 0 Å². The number of anilines is 3. The van der Waals surface area contributed by atoms with E-state index in [4.69, 9.17) is 5.73 Å². The van der Waals surface area contributed by atoms with Gasteiger partial charge in [0.25, 0.3) is 0 Å². The molecular formula is C10H9IN4. The number of nitrogens with zero attached hydrogens (tertiary/aromatic N) is 2. The Morgan fingerprint density at radius 3 is 2.73 bits per heavy atom. The van der Waals surface area contributed by atoms with Crippen LogP contribution in [0, 0.1) is 3.57 Å². The second-order valence-electron chi connectivity index (χ2n) is 2.90. The molecule has 4 nitrogen and oxygen atoms in total. The Bertz CT molecular complexity index is 472. The van der Waals surface area contributed by atoms with Gasteiger partial charge < -0.3 is 11.1 Å². The molecule has 0 saturated heterocycles. The Kier molecular flexibility index (Phi) is 3.00. The minimum Gasteiger partial charge on any atom is -0.368 e. The van der Waals surface area contributed by atoms with Crippen LogP contribution in [0.3, 0.4) is 0 Å². The Morgan fingerprint density at radius 2 is 2.00 bits per heavy atom. The van der Waals surface area contributed by atoms with E-state index in [9.17, 15) is 0 Å². The first-order valence-electron chi connectivity index (χ1n) is 4.36. The lowest BCUT2D eigenvalue weighted by Crippen LogP contribution is -1.99. The Morgan fingerprint density at radius 1 is 1.20 bits per heavy atom. The zero-order valence-electron chi connectivity index (χ0n) is 7.81. The third-order valence-electron chi connectivity index (χ3n) is 1.81.